The summed E-state index contributed by atoms with van der Waals surface area (Å²) in [6.07, 6.45) is 1.35. The van der Waals surface area contributed by atoms with E-state index in [-0.39, 0.29) is 5.60 Å². The lowest BCUT2D eigenvalue weighted by Gasteiger charge is -2.11. The van der Waals surface area contributed by atoms with Gasteiger partial charge in [0.2, 0.25) is 0 Å². The summed E-state index contributed by atoms with van der Waals surface area (Å²) in [4.78, 5) is 0. The van der Waals surface area contributed by atoms with Gasteiger partial charge < -0.3 is 9.47 Å². The molecule has 0 aromatic heterocycles. The second-order valence-corrected chi connectivity index (χ2v) is 5.73. The molecule has 2 aromatic rings. The van der Waals surface area contributed by atoms with E-state index >= 15 is 0 Å². The zero-order valence-electron chi connectivity index (χ0n) is 12.7. The standard InChI is InChI=1S/C19H22O2/c1-3-19(15(2)21-19)14-20-13-16-9-11-18(12-10-16)17-7-5-4-6-8-17/h4-12,15H,3,13-14H2,1-2H3. The minimum atomic E-state index is -0.0238. The van der Waals surface area contributed by atoms with Crippen LogP contribution in [0.15, 0.2) is 54.6 Å². The highest BCUT2D eigenvalue weighted by molar-refractivity contribution is 5.63. The van der Waals surface area contributed by atoms with Crippen molar-refractivity contribution in [1.29, 1.82) is 0 Å². The predicted molar refractivity (Wildman–Crippen MR) is 85.1 cm³/mol. The highest BCUT2D eigenvalue weighted by Gasteiger charge is 2.51. The van der Waals surface area contributed by atoms with Crippen LogP contribution in [-0.2, 0) is 16.1 Å². The van der Waals surface area contributed by atoms with Crippen LogP contribution >= 0.6 is 0 Å². The highest BCUT2D eigenvalue weighted by Crippen LogP contribution is 2.39. The second kappa shape index (κ2) is 6.00. The number of hydrogen-bond donors (Lipinski definition) is 0. The lowest BCUT2D eigenvalue weighted by atomic mass is 10.0. The van der Waals surface area contributed by atoms with Crippen LogP contribution in [0.2, 0.25) is 0 Å². The third-order valence-electron chi connectivity index (χ3n) is 4.37. The minimum absolute atomic E-state index is 0.0238. The van der Waals surface area contributed by atoms with Gasteiger partial charge in [0.15, 0.2) is 0 Å². The van der Waals surface area contributed by atoms with E-state index < -0.39 is 0 Å². The van der Waals surface area contributed by atoms with Gasteiger partial charge in [0, 0.05) is 0 Å². The Labute approximate surface area is 126 Å². The Morgan fingerprint density at radius 3 is 2.19 bits per heavy atom. The number of benzene rings is 2. The van der Waals surface area contributed by atoms with E-state index in [1.165, 1.54) is 16.7 Å². The Hall–Kier alpha value is -1.64. The fourth-order valence-electron chi connectivity index (χ4n) is 2.71. The molecule has 0 aliphatic carbocycles. The summed E-state index contributed by atoms with van der Waals surface area (Å²) < 4.78 is 11.5. The molecule has 1 heterocycles. The Morgan fingerprint density at radius 1 is 1.00 bits per heavy atom. The van der Waals surface area contributed by atoms with E-state index in [4.69, 9.17) is 9.47 Å². The molecule has 0 saturated carbocycles. The van der Waals surface area contributed by atoms with Crippen LogP contribution in [0, 0.1) is 0 Å². The van der Waals surface area contributed by atoms with Gasteiger partial charge >= 0.3 is 0 Å². The van der Waals surface area contributed by atoms with Gasteiger partial charge in [-0.05, 0) is 30.0 Å². The van der Waals surface area contributed by atoms with Crippen molar-refractivity contribution in [3.8, 4) is 11.1 Å². The maximum Gasteiger partial charge on any atom is 0.117 e. The quantitative estimate of drug-likeness (QED) is 0.731. The van der Waals surface area contributed by atoms with E-state index in [2.05, 4.69) is 62.4 Å². The summed E-state index contributed by atoms with van der Waals surface area (Å²) >= 11 is 0. The van der Waals surface area contributed by atoms with Crippen molar-refractivity contribution in [3.05, 3.63) is 60.2 Å². The molecule has 2 heteroatoms. The molecule has 21 heavy (non-hydrogen) atoms. The van der Waals surface area contributed by atoms with Gasteiger partial charge in [-0.25, -0.2) is 0 Å². The van der Waals surface area contributed by atoms with Crippen LogP contribution in [0.1, 0.15) is 25.8 Å². The monoisotopic (exact) mass is 282 g/mol. The Kier molecular flexibility index (Phi) is 4.09. The SMILES string of the molecule is CCC1(COCc2ccc(-c3ccccc3)cc2)OC1C. The van der Waals surface area contributed by atoms with Gasteiger partial charge in [-0.3, -0.25) is 0 Å². The first-order chi connectivity index (χ1) is 10.2. The number of hydrogen-bond acceptors (Lipinski definition) is 2. The molecule has 110 valence electrons. The minimum Gasteiger partial charge on any atom is -0.374 e. The van der Waals surface area contributed by atoms with Gasteiger partial charge in [0.25, 0.3) is 0 Å². The molecular formula is C19H22O2. The van der Waals surface area contributed by atoms with Gasteiger partial charge in [-0.1, -0.05) is 61.5 Å². The van der Waals surface area contributed by atoms with Crippen LogP contribution in [0.3, 0.4) is 0 Å². The van der Waals surface area contributed by atoms with Crippen molar-refractivity contribution in [2.24, 2.45) is 0 Å². The maximum atomic E-state index is 5.83. The lowest BCUT2D eigenvalue weighted by molar-refractivity contribution is 0.0661. The zero-order chi connectivity index (χ0) is 14.7. The Balaban J connectivity index is 1.56. The first kappa shape index (κ1) is 14.3. The normalized spacial score (nSPS) is 24.0. The molecule has 1 fully saturated rings. The topological polar surface area (TPSA) is 21.8 Å². The smallest absolute Gasteiger partial charge is 0.117 e. The largest absolute Gasteiger partial charge is 0.374 e. The van der Waals surface area contributed by atoms with Crippen molar-refractivity contribution in [3.63, 3.8) is 0 Å². The Bertz CT molecular complexity index is 572. The van der Waals surface area contributed by atoms with Crippen LogP contribution < -0.4 is 0 Å². The van der Waals surface area contributed by atoms with Crippen molar-refractivity contribution in [2.45, 2.75) is 38.6 Å². The zero-order valence-corrected chi connectivity index (χ0v) is 12.7. The molecule has 0 bridgehead atoms. The average molecular weight is 282 g/mol. The summed E-state index contributed by atoms with van der Waals surface area (Å²) in [5.41, 5.74) is 3.66. The highest BCUT2D eigenvalue weighted by atomic mass is 16.6. The molecule has 0 spiro atoms. The summed E-state index contributed by atoms with van der Waals surface area (Å²) in [6, 6.07) is 19.0. The maximum absolute atomic E-state index is 5.83. The van der Waals surface area contributed by atoms with E-state index in [9.17, 15) is 0 Å². The van der Waals surface area contributed by atoms with Gasteiger partial charge in [0.1, 0.15) is 5.60 Å². The van der Waals surface area contributed by atoms with Crippen molar-refractivity contribution < 1.29 is 9.47 Å². The Morgan fingerprint density at radius 2 is 1.62 bits per heavy atom. The number of ether oxygens (including phenoxy) is 2. The van der Waals surface area contributed by atoms with Gasteiger partial charge in [0.05, 0.1) is 19.3 Å². The molecule has 0 N–H and O–H groups in total. The van der Waals surface area contributed by atoms with Crippen LogP contribution in [0.4, 0.5) is 0 Å². The second-order valence-electron chi connectivity index (χ2n) is 5.73. The fourth-order valence-corrected chi connectivity index (χ4v) is 2.71. The van der Waals surface area contributed by atoms with Crippen molar-refractivity contribution >= 4 is 0 Å². The van der Waals surface area contributed by atoms with Crippen LogP contribution in [-0.4, -0.2) is 18.3 Å². The van der Waals surface area contributed by atoms with Crippen molar-refractivity contribution in [2.75, 3.05) is 6.61 Å². The van der Waals surface area contributed by atoms with Crippen LogP contribution in [0.25, 0.3) is 11.1 Å². The molecule has 2 unspecified atom stereocenters. The van der Waals surface area contributed by atoms with Gasteiger partial charge in [-0.2, -0.15) is 0 Å². The molecule has 1 aliphatic rings. The molecule has 2 aromatic carbocycles. The summed E-state index contributed by atoms with van der Waals surface area (Å²) in [7, 11) is 0. The molecular weight excluding hydrogens is 260 g/mol. The first-order valence-corrected chi connectivity index (χ1v) is 7.63. The van der Waals surface area contributed by atoms with Crippen molar-refractivity contribution in [1.82, 2.24) is 0 Å². The first-order valence-electron chi connectivity index (χ1n) is 7.63. The molecule has 1 aliphatic heterocycles. The lowest BCUT2D eigenvalue weighted by Crippen LogP contribution is -2.20. The number of epoxide rings is 1. The molecule has 1 saturated heterocycles. The van der Waals surface area contributed by atoms with Gasteiger partial charge in [-0.15, -0.1) is 0 Å². The average Bonchev–Trinajstić information content (AvgIpc) is 3.19. The molecule has 2 atom stereocenters. The van der Waals surface area contributed by atoms with E-state index in [0.717, 1.165) is 6.42 Å². The summed E-state index contributed by atoms with van der Waals surface area (Å²) in [5, 5.41) is 0. The third-order valence-corrected chi connectivity index (χ3v) is 4.37. The van der Waals surface area contributed by atoms with Crippen LogP contribution in [0.5, 0.6) is 0 Å². The molecule has 0 radical (unpaired) electrons. The fraction of sp³-hybridized carbons (Fsp3) is 0.368. The van der Waals surface area contributed by atoms with E-state index in [1.807, 2.05) is 6.07 Å². The summed E-state index contributed by atoms with van der Waals surface area (Å²) in [6.45, 7) is 5.60. The number of rotatable bonds is 6. The molecule has 2 nitrogen and oxygen atoms in total. The van der Waals surface area contributed by atoms with E-state index in [1.54, 1.807) is 0 Å². The molecule has 0 amide bonds. The predicted octanol–water partition coefficient (Wildman–Crippen LogP) is 4.44. The van der Waals surface area contributed by atoms with E-state index in [0.29, 0.717) is 19.3 Å². The third kappa shape index (κ3) is 3.17. The summed E-state index contributed by atoms with van der Waals surface area (Å²) in [5.74, 6) is 0. The molecule has 3 rings (SSSR count).